The first-order valence-electron chi connectivity index (χ1n) is 7.47. The van der Waals surface area contributed by atoms with Gasteiger partial charge in [-0.1, -0.05) is 0 Å². The highest BCUT2D eigenvalue weighted by Gasteiger charge is 2.32. The molecule has 0 spiro atoms. The van der Waals surface area contributed by atoms with Crippen LogP contribution in [-0.4, -0.2) is 47.9 Å². The Hall–Kier alpha value is -1.59. The number of amides is 1. The third-order valence-corrected chi connectivity index (χ3v) is 5.66. The monoisotopic (exact) mass is 302 g/mol. The number of hydrogen-bond acceptors (Lipinski definition) is 4. The number of thiophene rings is 1. The van der Waals surface area contributed by atoms with E-state index in [0.717, 1.165) is 54.3 Å². The van der Waals surface area contributed by atoms with Gasteiger partial charge in [0.05, 0.1) is 17.4 Å². The van der Waals surface area contributed by atoms with Crippen LogP contribution in [0.2, 0.25) is 0 Å². The van der Waals surface area contributed by atoms with Crippen molar-refractivity contribution in [3.63, 3.8) is 0 Å². The molecule has 0 unspecified atom stereocenters. The summed E-state index contributed by atoms with van der Waals surface area (Å²) < 4.78 is 5.12. The largest absolute Gasteiger partial charge is 0.472 e. The van der Waals surface area contributed by atoms with Gasteiger partial charge in [0.2, 0.25) is 0 Å². The minimum atomic E-state index is 0.198. The first-order valence-corrected chi connectivity index (χ1v) is 8.28. The molecule has 5 heterocycles. The van der Waals surface area contributed by atoms with E-state index in [4.69, 9.17) is 4.42 Å². The van der Waals surface area contributed by atoms with Gasteiger partial charge in [-0.2, -0.15) is 0 Å². The molecule has 110 valence electrons. The minimum absolute atomic E-state index is 0.198. The summed E-state index contributed by atoms with van der Waals surface area (Å²) in [4.78, 5) is 19.3. The highest BCUT2D eigenvalue weighted by atomic mass is 32.1. The van der Waals surface area contributed by atoms with E-state index in [0.29, 0.717) is 6.04 Å². The van der Waals surface area contributed by atoms with Crippen LogP contribution in [-0.2, 0) is 0 Å². The molecule has 3 aliphatic heterocycles. The van der Waals surface area contributed by atoms with Crippen molar-refractivity contribution in [1.82, 2.24) is 9.80 Å². The predicted molar refractivity (Wildman–Crippen MR) is 82.5 cm³/mol. The van der Waals surface area contributed by atoms with E-state index in [1.54, 1.807) is 23.9 Å². The fourth-order valence-electron chi connectivity index (χ4n) is 3.31. The van der Waals surface area contributed by atoms with Crippen molar-refractivity contribution in [2.45, 2.75) is 18.9 Å². The van der Waals surface area contributed by atoms with Gasteiger partial charge < -0.3 is 14.2 Å². The molecule has 0 atom stereocenters. The van der Waals surface area contributed by atoms with Crippen molar-refractivity contribution in [3.8, 4) is 10.4 Å². The van der Waals surface area contributed by atoms with Gasteiger partial charge in [-0.25, -0.2) is 0 Å². The first kappa shape index (κ1) is 13.1. The van der Waals surface area contributed by atoms with Crippen LogP contribution in [0.3, 0.4) is 0 Å². The molecule has 0 radical (unpaired) electrons. The average Bonchev–Trinajstić information content (AvgIpc) is 3.12. The highest BCUT2D eigenvalue weighted by molar-refractivity contribution is 7.17. The molecule has 5 heteroatoms. The van der Waals surface area contributed by atoms with E-state index in [2.05, 4.69) is 9.80 Å². The van der Waals surface area contributed by atoms with Crippen LogP contribution in [0.4, 0.5) is 0 Å². The van der Waals surface area contributed by atoms with E-state index >= 15 is 0 Å². The van der Waals surface area contributed by atoms with E-state index in [1.807, 2.05) is 18.2 Å². The number of hydrogen-bond donors (Lipinski definition) is 0. The molecule has 2 aromatic rings. The second-order valence-electron chi connectivity index (χ2n) is 5.75. The molecule has 2 bridgehead atoms. The van der Waals surface area contributed by atoms with Gasteiger partial charge in [0.1, 0.15) is 0 Å². The lowest BCUT2D eigenvalue weighted by atomic mass is 10.1. The van der Waals surface area contributed by atoms with Crippen LogP contribution < -0.4 is 0 Å². The van der Waals surface area contributed by atoms with Crippen LogP contribution >= 0.6 is 11.3 Å². The standard InChI is InChI=1S/C16H18N2O2S/c19-16(18-9-8-17-6-3-13(18)4-7-17)15-2-1-14(21-15)12-5-10-20-11-12/h1-2,5,10-11,13H,3-4,6-9H2. The maximum atomic E-state index is 12.8. The maximum Gasteiger partial charge on any atom is 0.264 e. The van der Waals surface area contributed by atoms with Crippen molar-refractivity contribution in [1.29, 1.82) is 0 Å². The fourth-order valence-corrected chi connectivity index (χ4v) is 4.26. The summed E-state index contributed by atoms with van der Waals surface area (Å²) in [5.41, 5.74) is 1.04. The number of furan rings is 1. The fraction of sp³-hybridized carbons (Fsp3) is 0.438. The van der Waals surface area contributed by atoms with Crippen molar-refractivity contribution in [3.05, 3.63) is 35.6 Å². The number of piperidine rings is 1. The SMILES string of the molecule is O=C(c1ccc(-c2ccoc2)s1)N1CCN2CCC1CC2. The summed E-state index contributed by atoms with van der Waals surface area (Å²) in [5.74, 6) is 0.198. The summed E-state index contributed by atoms with van der Waals surface area (Å²) in [6.45, 7) is 4.16. The van der Waals surface area contributed by atoms with E-state index in [-0.39, 0.29) is 5.91 Å². The molecule has 3 saturated heterocycles. The smallest absolute Gasteiger partial charge is 0.264 e. The normalized spacial score (nSPS) is 25.0. The molecule has 4 nitrogen and oxygen atoms in total. The lowest BCUT2D eigenvalue weighted by molar-refractivity contribution is 0.0690. The molecule has 0 aromatic carbocycles. The van der Waals surface area contributed by atoms with Gasteiger partial charge in [-0.05, 0) is 31.0 Å². The number of carbonyl (C=O) groups is 1. The predicted octanol–water partition coefficient (Wildman–Crippen LogP) is 2.93. The van der Waals surface area contributed by atoms with Gasteiger partial charge in [0.15, 0.2) is 0 Å². The Morgan fingerprint density at radius 1 is 1.14 bits per heavy atom. The highest BCUT2D eigenvalue weighted by Crippen LogP contribution is 2.30. The quantitative estimate of drug-likeness (QED) is 0.856. The van der Waals surface area contributed by atoms with E-state index in [9.17, 15) is 4.79 Å². The third-order valence-electron chi connectivity index (χ3n) is 4.54. The zero-order valence-corrected chi connectivity index (χ0v) is 12.6. The first-order chi connectivity index (χ1) is 10.3. The van der Waals surface area contributed by atoms with Crippen LogP contribution in [0.25, 0.3) is 10.4 Å². The molecular formula is C16H18N2O2S. The minimum Gasteiger partial charge on any atom is -0.472 e. The number of fused-ring (bicyclic) bond motifs is 4. The van der Waals surface area contributed by atoms with Gasteiger partial charge in [0.25, 0.3) is 5.91 Å². The molecule has 21 heavy (non-hydrogen) atoms. The van der Waals surface area contributed by atoms with Crippen LogP contribution in [0.1, 0.15) is 22.5 Å². The number of rotatable bonds is 2. The van der Waals surface area contributed by atoms with E-state index < -0.39 is 0 Å². The maximum absolute atomic E-state index is 12.8. The van der Waals surface area contributed by atoms with Crippen LogP contribution in [0.15, 0.2) is 35.1 Å². The van der Waals surface area contributed by atoms with Gasteiger partial charge in [-0.15, -0.1) is 11.3 Å². The Morgan fingerprint density at radius 3 is 2.76 bits per heavy atom. The Kier molecular flexibility index (Phi) is 3.31. The lowest BCUT2D eigenvalue weighted by Crippen LogP contribution is -2.41. The Bertz CT molecular complexity index is 627. The summed E-state index contributed by atoms with van der Waals surface area (Å²) in [6.07, 6.45) is 5.62. The molecule has 3 aliphatic rings. The molecular weight excluding hydrogens is 284 g/mol. The number of carbonyl (C=O) groups excluding carboxylic acids is 1. The van der Waals surface area contributed by atoms with Gasteiger partial charge in [0, 0.05) is 42.7 Å². The van der Waals surface area contributed by atoms with Crippen molar-refractivity contribution >= 4 is 17.2 Å². The van der Waals surface area contributed by atoms with Crippen molar-refractivity contribution in [2.24, 2.45) is 0 Å². The summed E-state index contributed by atoms with van der Waals surface area (Å²) in [6, 6.07) is 6.32. The second kappa shape index (κ2) is 5.31. The molecule has 2 aromatic heterocycles. The topological polar surface area (TPSA) is 36.7 Å². The van der Waals surface area contributed by atoms with Gasteiger partial charge in [-0.3, -0.25) is 4.79 Å². The third kappa shape index (κ3) is 2.40. The summed E-state index contributed by atoms with van der Waals surface area (Å²) in [7, 11) is 0. The van der Waals surface area contributed by atoms with Crippen LogP contribution in [0.5, 0.6) is 0 Å². The molecule has 0 saturated carbocycles. The number of nitrogens with zero attached hydrogens (tertiary/aromatic N) is 2. The van der Waals surface area contributed by atoms with Crippen LogP contribution in [0, 0.1) is 0 Å². The zero-order valence-electron chi connectivity index (χ0n) is 11.8. The molecule has 0 aliphatic carbocycles. The van der Waals surface area contributed by atoms with Crippen molar-refractivity contribution in [2.75, 3.05) is 26.2 Å². The molecule has 1 amide bonds. The van der Waals surface area contributed by atoms with Gasteiger partial charge >= 0.3 is 0 Å². The average molecular weight is 302 g/mol. The Morgan fingerprint density at radius 2 is 2.00 bits per heavy atom. The molecule has 3 fully saturated rings. The molecule has 5 rings (SSSR count). The lowest BCUT2D eigenvalue weighted by Gasteiger charge is -2.31. The summed E-state index contributed by atoms with van der Waals surface area (Å²) >= 11 is 1.56. The zero-order chi connectivity index (χ0) is 14.2. The summed E-state index contributed by atoms with van der Waals surface area (Å²) in [5, 5.41) is 0. The van der Waals surface area contributed by atoms with E-state index in [1.165, 1.54) is 0 Å². The molecule has 0 N–H and O–H groups in total. The Balaban J connectivity index is 1.57. The Labute approximate surface area is 128 Å². The van der Waals surface area contributed by atoms with Crippen molar-refractivity contribution < 1.29 is 9.21 Å². The second-order valence-corrected chi connectivity index (χ2v) is 6.83.